The summed E-state index contributed by atoms with van der Waals surface area (Å²) >= 11 is 0. The van der Waals surface area contributed by atoms with E-state index in [1.807, 2.05) is 39.0 Å². The highest BCUT2D eigenvalue weighted by atomic mass is 16.1. The molecule has 1 aromatic carbocycles. The average molecular weight is 523 g/mol. The van der Waals surface area contributed by atoms with E-state index in [2.05, 4.69) is 66.6 Å². The van der Waals surface area contributed by atoms with Crippen molar-refractivity contribution in [3.8, 4) is 22.6 Å². The number of amides is 1. The van der Waals surface area contributed by atoms with Gasteiger partial charge in [-0.1, -0.05) is 26.8 Å². The van der Waals surface area contributed by atoms with Gasteiger partial charge in [-0.3, -0.25) is 14.9 Å². The predicted octanol–water partition coefficient (Wildman–Crippen LogP) is 5.29. The number of aromatic amines is 2. The SMILES string of the molecule is CN1CCN(c2cccc3[nH]c(-c4n[nH]c5ccc(-c6cncc(NC(=O)CC(C)(C)C)c6)nc45)cc23)CC1. The molecule has 5 aromatic rings. The van der Waals surface area contributed by atoms with Crippen LogP contribution in [0.5, 0.6) is 0 Å². The number of fused-ring (bicyclic) bond motifs is 2. The van der Waals surface area contributed by atoms with Crippen LogP contribution in [0.4, 0.5) is 11.4 Å². The van der Waals surface area contributed by atoms with Crippen molar-refractivity contribution in [2.75, 3.05) is 43.4 Å². The second kappa shape index (κ2) is 9.81. The normalized spacial score (nSPS) is 14.8. The van der Waals surface area contributed by atoms with Gasteiger partial charge in [-0.15, -0.1) is 0 Å². The van der Waals surface area contributed by atoms with Gasteiger partial charge in [0.2, 0.25) is 5.91 Å². The number of aromatic nitrogens is 5. The van der Waals surface area contributed by atoms with Crippen LogP contribution in [0.3, 0.4) is 0 Å². The van der Waals surface area contributed by atoms with Crippen molar-refractivity contribution in [1.82, 2.24) is 30.0 Å². The molecule has 9 nitrogen and oxygen atoms in total. The number of carbonyl (C=O) groups is 1. The molecule has 0 unspecified atom stereocenters. The van der Waals surface area contributed by atoms with Gasteiger partial charge in [-0.2, -0.15) is 5.10 Å². The third-order valence-electron chi connectivity index (χ3n) is 7.16. The summed E-state index contributed by atoms with van der Waals surface area (Å²) in [5.41, 5.74) is 7.81. The first kappa shape index (κ1) is 25.1. The van der Waals surface area contributed by atoms with Crippen LogP contribution in [0, 0.1) is 5.41 Å². The third-order valence-corrected chi connectivity index (χ3v) is 7.16. The van der Waals surface area contributed by atoms with Crippen LogP contribution in [-0.4, -0.2) is 69.2 Å². The lowest BCUT2D eigenvalue weighted by molar-refractivity contribution is -0.117. The van der Waals surface area contributed by atoms with E-state index in [9.17, 15) is 4.79 Å². The standard InChI is InChI=1S/C30H34N8O/c1-30(2,3)16-27(39)32-20-14-19(17-31-18-20)22-8-9-24-28(34-22)29(36-35-24)25-15-21-23(33-25)6-5-7-26(21)38-12-10-37(4)11-13-38/h5-9,14-15,17-18,33H,10-13,16H2,1-4H3,(H,32,39)(H,35,36). The van der Waals surface area contributed by atoms with Gasteiger partial charge in [-0.05, 0) is 48.9 Å². The summed E-state index contributed by atoms with van der Waals surface area (Å²) in [4.78, 5) is 30.2. The summed E-state index contributed by atoms with van der Waals surface area (Å²) in [6.45, 7) is 10.3. The molecule has 6 rings (SSSR count). The molecule has 1 fully saturated rings. The quantitative estimate of drug-likeness (QED) is 0.289. The maximum atomic E-state index is 12.5. The van der Waals surface area contributed by atoms with Crippen LogP contribution >= 0.6 is 0 Å². The van der Waals surface area contributed by atoms with Crippen LogP contribution in [0.1, 0.15) is 27.2 Å². The van der Waals surface area contributed by atoms with Gasteiger partial charge in [0, 0.05) is 61.0 Å². The number of anilines is 2. The molecular formula is C30H34N8O. The van der Waals surface area contributed by atoms with Gasteiger partial charge >= 0.3 is 0 Å². The van der Waals surface area contributed by atoms with Crippen molar-refractivity contribution in [3.63, 3.8) is 0 Å². The molecule has 5 heterocycles. The van der Waals surface area contributed by atoms with Gasteiger partial charge in [-0.25, -0.2) is 4.98 Å². The molecule has 200 valence electrons. The van der Waals surface area contributed by atoms with Crippen LogP contribution in [0.2, 0.25) is 0 Å². The van der Waals surface area contributed by atoms with Gasteiger partial charge in [0.05, 0.1) is 28.8 Å². The largest absolute Gasteiger partial charge is 0.368 e. The minimum Gasteiger partial charge on any atom is -0.368 e. The predicted molar refractivity (Wildman–Crippen MR) is 157 cm³/mol. The van der Waals surface area contributed by atoms with E-state index < -0.39 is 0 Å². The van der Waals surface area contributed by atoms with Gasteiger partial charge in [0.1, 0.15) is 11.2 Å². The molecular weight excluding hydrogens is 488 g/mol. The molecule has 1 amide bonds. The number of pyridine rings is 2. The number of nitrogens with zero attached hydrogens (tertiary/aromatic N) is 5. The number of H-pyrrole nitrogens is 2. The summed E-state index contributed by atoms with van der Waals surface area (Å²) in [7, 11) is 2.17. The minimum absolute atomic E-state index is 0.0308. The lowest BCUT2D eigenvalue weighted by Crippen LogP contribution is -2.44. The summed E-state index contributed by atoms with van der Waals surface area (Å²) in [6, 6.07) is 14.4. The number of likely N-dealkylation sites (N-methyl/N-ethyl adjacent to an activating group) is 1. The fourth-order valence-electron chi connectivity index (χ4n) is 5.17. The van der Waals surface area contributed by atoms with E-state index in [1.54, 1.807) is 12.4 Å². The molecule has 0 saturated carbocycles. The second-order valence-corrected chi connectivity index (χ2v) is 11.6. The van der Waals surface area contributed by atoms with E-state index in [-0.39, 0.29) is 11.3 Å². The van der Waals surface area contributed by atoms with Crippen LogP contribution < -0.4 is 10.2 Å². The van der Waals surface area contributed by atoms with Gasteiger partial charge < -0.3 is 20.1 Å². The van der Waals surface area contributed by atoms with Gasteiger partial charge in [0.25, 0.3) is 0 Å². The molecule has 0 atom stereocenters. The molecule has 0 bridgehead atoms. The fraction of sp³-hybridized carbons (Fsp3) is 0.333. The Morgan fingerprint density at radius 2 is 1.85 bits per heavy atom. The zero-order valence-electron chi connectivity index (χ0n) is 22.9. The highest BCUT2D eigenvalue weighted by molar-refractivity contribution is 5.99. The number of hydrogen-bond donors (Lipinski definition) is 3. The summed E-state index contributed by atoms with van der Waals surface area (Å²) in [5, 5.41) is 11.9. The first-order valence-corrected chi connectivity index (χ1v) is 13.4. The first-order chi connectivity index (χ1) is 18.7. The maximum absolute atomic E-state index is 12.5. The Kier molecular flexibility index (Phi) is 6.31. The summed E-state index contributed by atoms with van der Waals surface area (Å²) < 4.78 is 0. The van der Waals surface area contributed by atoms with E-state index in [1.165, 1.54) is 11.1 Å². The molecule has 4 aromatic heterocycles. The number of rotatable bonds is 5. The number of carbonyl (C=O) groups excluding carboxylic acids is 1. The summed E-state index contributed by atoms with van der Waals surface area (Å²) in [5.74, 6) is -0.0308. The van der Waals surface area contributed by atoms with E-state index in [0.717, 1.165) is 65.4 Å². The van der Waals surface area contributed by atoms with E-state index in [0.29, 0.717) is 12.1 Å². The van der Waals surface area contributed by atoms with Crippen molar-refractivity contribution in [3.05, 3.63) is 54.9 Å². The van der Waals surface area contributed by atoms with Crippen LogP contribution in [0.15, 0.2) is 54.9 Å². The number of piperazine rings is 1. The number of benzene rings is 1. The number of nitrogens with one attached hydrogen (secondary N) is 3. The highest BCUT2D eigenvalue weighted by Gasteiger charge is 2.20. The van der Waals surface area contributed by atoms with Crippen molar-refractivity contribution in [2.24, 2.45) is 5.41 Å². The van der Waals surface area contributed by atoms with Crippen molar-refractivity contribution >= 4 is 39.2 Å². The Bertz CT molecular complexity index is 1650. The molecule has 9 heteroatoms. The molecule has 0 aliphatic carbocycles. The Morgan fingerprint density at radius 3 is 2.64 bits per heavy atom. The third kappa shape index (κ3) is 5.22. The Hall–Kier alpha value is -4.24. The lowest BCUT2D eigenvalue weighted by Gasteiger charge is -2.34. The lowest BCUT2D eigenvalue weighted by atomic mass is 9.92. The average Bonchev–Trinajstić information content (AvgIpc) is 3.52. The second-order valence-electron chi connectivity index (χ2n) is 11.6. The van der Waals surface area contributed by atoms with Crippen LogP contribution in [0.25, 0.3) is 44.6 Å². The van der Waals surface area contributed by atoms with Crippen molar-refractivity contribution < 1.29 is 4.79 Å². The van der Waals surface area contributed by atoms with E-state index >= 15 is 0 Å². The van der Waals surface area contributed by atoms with Crippen LogP contribution in [-0.2, 0) is 4.79 Å². The number of hydrogen-bond acceptors (Lipinski definition) is 6. The zero-order valence-corrected chi connectivity index (χ0v) is 22.9. The Balaban J connectivity index is 1.32. The minimum atomic E-state index is -0.0900. The maximum Gasteiger partial charge on any atom is 0.224 e. The summed E-state index contributed by atoms with van der Waals surface area (Å²) in [6.07, 6.45) is 3.85. The molecule has 1 aliphatic rings. The van der Waals surface area contributed by atoms with Crippen molar-refractivity contribution in [2.45, 2.75) is 27.2 Å². The molecule has 1 aliphatic heterocycles. The molecule has 0 radical (unpaired) electrons. The Labute approximate surface area is 227 Å². The van der Waals surface area contributed by atoms with E-state index in [4.69, 9.17) is 4.98 Å². The first-order valence-electron chi connectivity index (χ1n) is 13.4. The molecule has 3 N–H and O–H groups in total. The molecule has 39 heavy (non-hydrogen) atoms. The molecule has 1 saturated heterocycles. The van der Waals surface area contributed by atoms with Gasteiger partial charge in [0.15, 0.2) is 0 Å². The monoisotopic (exact) mass is 522 g/mol. The fourth-order valence-corrected chi connectivity index (χ4v) is 5.17. The molecule has 0 spiro atoms. The highest BCUT2D eigenvalue weighted by Crippen LogP contribution is 2.34. The van der Waals surface area contributed by atoms with Crippen molar-refractivity contribution in [1.29, 1.82) is 0 Å². The zero-order chi connectivity index (χ0) is 27.1. The smallest absolute Gasteiger partial charge is 0.224 e. The Morgan fingerprint density at radius 1 is 1.03 bits per heavy atom. The topological polar surface area (TPSA) is 106 Å².